The fourth-order valence-corrected chi connectivity index (χ4v) is 3.96. The van der Waals surface area contributed by atoms with Crippen molar-refractivity contribution in [2.24, 2.45) is 0 Å². The van der Waals surface area contributed by atoms with Crippen LogP contribution in [0.2, 0.25) is 0 Å². The van der Waals surface area contributed by atoms with Crippen LogP contribution in [-0.2, 0) is 6.54 Å². The summed E-state index contributed by atoms with van der Waals surface area (Å²) in [7, 11) is 0. The van der Waals surface area contributed by atoms with Crippen molar-refractivity contribution in [1.82, 2.24) is 15.3 Å². The number of rotatable bonds is 2. The van der Waals surface area contributed by atoms with E-state index in [9.17, 15) is 4.79 Å². The topological polar surface area (TPSA) is 60.7 Å². The molecule has 24 heavy (non-hydrogen) atoms. The molecular weight excluding hydrogens is 298 g/mol. The van der Waals surface area contributed by atoms with Crippen molar-refractivity contribution < 1.29 is 4.79 Å². The average molecular weight is 313 g/mol. The maximum atomic E-state index is 12.6. The lowest BCUT2D eigenvalue weighted by molar-refractivity contribution is 0.0967. The van der Waals surface area contributed by atoms with Crippen LogP contribution in [0.25, 0.3) is 44.9 Å². The van der Waals surface area contributed by atoms with Gasteiger partial charge in [0.05, 0.1) is 16.6 Å². The zero-order valence-electron chi connectivity index (χ0n) is 13.0. The second-order valence-electron chi connectivity index (χ2n) is 6.07. The summed E-state index contributed by atoms with van der Waals surface area (Å²) >= 11 is 0. The van der Waals surface area contributed by atoms with Crippen molar-refractivity contribution in [2.75, 3.05) is 0 Å². The number of hydrogen-bond acceptors (Lipinski definition) is 1. The summed E-state index contributed by atoms with van der Waals surface area (Å²) in [5.41, 5.74) is 6.64. The Morgan fingerprint density at radius 1 is 1.00 bits per heavy atom. The number of hydrogen-bond donors (Lipinski definition) is 3. The van der Waals surface area contributed by atoms with Gasteiger partial charge in [0.25, 0.3) is 5.91 Å². The second kappa shape index (κ2) is 4.38. The molecule has 0 spiro atoms. The Hall–Kier alpha value is -3.27. The Morgan fingerprint density at radius 3 is 2.58 bits per heavy atom. The van der Waals surface area contributed by atoms with E-state index in [0.717, 1.165) is 55.1 Å². The van der Waals surface area contributed by atoms with Gasteiger partial charge in [-0.15, -0.1) is 0 Å². The molecule has 0 radical (unpaired) electrons. The molecule has 3 N–H and O–H groups in total. The van der Waals surface area contributed by atoms with E-state index >= 15 is 0 Å². The highest BCUT2D eigenvalue weighted by Crippen LogP contribution is 2.41. The van der Waals surface area contributed by atoms with Crippen LogP contribution in [0, 0.1) is 0 Å². The molecule has 0 unspecified atom stereocenters. The van der Waals surface area contributed by atoms with Crippen LogP contribution in [0.15, 0.2) is 37.4 Å². The molecule has 2 aromatic heterocycles. The van der Waals surface area contributed by atoms with Gasteiger partial charge in [-0.25, -0.2) is 0 Å². The van der Waals surface area contributed by atoms with Gasteiger partial charge in [-0.1, -0.05) is 37.4 Å². The number of fused-ring (bicyclic) bond motifs is 8. The Balaban J connectivity index is 2.16. The number of carbonyl (C=O) groups excluding carboxylic acids is 1. The summed E-state index contributed by atoms with van der Waals surface area (Å²) in [6, 6.07) is 8.19. The van der Waals surface area contributed by atoms with Gasteiger partial charge in [0.1, 0.15) is 0 Å². The fraction of sp³-hybridized carbons (Fsp3) is 0.0500. The first-order chi connectivity index (χ1) is 11.7. The van der Waals surface area contributed by atoms with Gasteiger partial charge in [-0.2, -0.15) is 0 Å². The van der Waals surface area contributed by atoms with E-state index in [0.29, 0.717) is 6.54 Å². The highest BCUT2D eigenvalue weighted by atomic mass is 16.1. The lowest BCUT2D eigenvalue weighted by Crippen LogP contribution is -2.12. The number of aromatic nitrogens is 2. The number of benzene rings is 2. The van der Waals surface area contributed by atoms with E-state index in [1.165, 1.54) is 0 Å². The molecule has 0 aliphatic carbocycles. The Bertz CT molecular complexity index is 1210. The van der Waals surface area contributed by atoms with Crippen LogP contribution in [0.5, 0.6) is 0 Å². The van der Waals surface area contributed by atoms with Crippen LogP contribution < -0.4 is 5.32 Å². The molecule has 1 aliphatic rings. The fourth-order valence-electron chi connectivity index (χ4n) is 3.96. The van der Waals surface area contributed by atoms with Crippen LogP contribution in [0.1, 0.15) is 27.2 Å². The third-order valence-corrected chi connectivity index (χ3v) is 4.94. The van der Waals surface area contributed by atoms with E-state index in [1.807, 2.05) is 12.1 Å². The second-order valence-corrected chi connectivity index (χ2v) is 6.07. The van der Waals surface area contributed by atoms with E-state index in [2.05, 4.69) is 40.6 Å². The molecule has 1 amide bonds. The molecule has 2 aromatic carbocycles. The van der Waals surface area contributed by atoms with Gasteiger partial charge in [0.15, 0.2) is 0 Å². The standard InChI is InChI=1S/C20H15N3O/c1-3-10-13(4-2)22-19-16(10)17-12(9-21-20(17)24)15-11-7-5-6-8-14(11)23-18(15)19/h3-8,22-23H,1-2,9H2,(H,21,24). The minimum absolute atomic E-state index is 0.0279. The highest BCUT2D eigenvalue weighted by molar-refractivity contribution is 6.26. The number of aromatic amines is 2. The number of nitrogens with one attached hydrogen (secondary N) is 3. The molecule has 4 nitrogen and oxygen atoms in total. The molecule has 0 fully saturated rings. The van der Waals surface area contributed by atoms with Crippen LogP contribution >= 0.6 is 0 Å². The van der Waals surface area contributed by atoms with Crippen molar-refractivity contribution in [1.29, 1.82) is 0 Å². The summed E-state index contributed by atoms with van der Waals surface area (Å²) in [4.78, 5) is 19.5. The zero-order valence-corrected chi connectivity index (χ0v) is 13.0. The maximum Gasteiger partial charge on any atom is 0.252 e. The van der Waals surface area contributed by atoms with Gasteiger partial charge in [-0.05, 0) is 17.7 Å². The number of carbonyl (C=O) groups is 1. The summed E-state index contributed by atoms with van der Waals surface area (Å²) in [6.07, 6.45) is 3.56. The van der Waals surface area contributed by atoms with Crippen molar-refractivity contribution in [3.63, 3.8) is 0 Å². The van der Waals surface area contributed by atoms with Crippen LogP contribution in [0.4, 0.5) is 0 Å². The quantitative estimate of drug-likeness (QED) is 0.507. The van der Waals surface area contributed by atoms with E-state index in [4.69, 9.17) is 0 Å². The number of amides is 1. The number of para-hydroxylation sites is 1. The third-order valence-electron chi connectivity index (χ3n) is 4.94. The average Bonchev–Trinajstić information content (AvgIpc) is 3.26. The van der Waals surface area contributed by atoms with Gasteiger partial charge >= 0.3 is 0 Å². The first-order valence-corrected chi connectivity index (χ1v) is 7.88. The predicted molar refractivity (Wildman–Crippen MR) is 99.0 cm³/mol. The molecule has 1 aliphatic heterocycles. The minimum atomic E-state index is -0.0279. The molecule has 3 heterocycles. The molecular formula is C20H15N3O. The summed E-state index contributed by atoms with van der Waals surface area (Å²) in [6.45, 7) is 8.36. The predicted octanol–water partition coefficient (Wildman–Crippen LogP) is 4.33. The molecule has 0 atom stereocenters. The van der Waals surface area contributed by atoms with E-state index < -0.39 is 0 Å². The molecule has 0 saturated heterocycles. The van der Waals surface area contributed by atoms with Gasteiger partial charge < -0.3 is 15.3 Å². The molecule has 5 rings (SSSR count). The molecule has 4 aromatic rings. The molecule has 116 valence electrons. The molecule has 0 saturated carbocycles. The molecule has 4 heteroatoms. The monoisotopic (exact) mass is 313 g/mol. The summed E-state index contributed by atoms with van der Waals surface area (Å²) < 4.78 is 0. The zero-order chi connectivity index (χ0) is 16.4. The van der Waals surface area contributed by atoms with Crippen LogP contribution in [-0.4, -0.2) is 15.9 Å². The minimum Gasteiger partial charge on any atom is -0.353 e. The lowest BCUT2D eigenvalue weighted by atomic mass is 9.96. The lowest BCUT2D eigenvalue weighted by Gasteiger charge is -2.04. The van der Waals surface area contributed by atoms with Crippen LogP contribution in [0.3, 0.4) is 0 Å². The number of H-pyrrole nitrogens is 2. The van der Waals surface area contributed by atoms with Crippen molar-refractivity contribution in [3.8, 4) is 0 Å². The van der Waals surface area contributed by atoms with E-state index in [-0.39, 0.29) is 5.91 Å². The van der Waals surface area contributed by atoms with Crippen molar-refractivity contribution >= 4 is 50.8 Å². The SMILES string of the molecule is C=Cc1[nH]c2c(c1C=C)c1c(c3c4ccccc4[nH]c23)CNC1=O. The summed E-state index contributed by atoms with van der Waals surface area (Å²) in [5.74, 6) is -0.0279. The van der Waals surface area contributed by atoms with Gasteiger partial charge in [0, 0.05) is 39.5 Å². The van der Waals surface area contributed by atoms with E-state index in [1.54, 1.807) is 12.2 Å². The van der Waals surface area contributed by atoms with Gasteiger partial charge in [0.2, 0.25) is 0 Å². The Morgan fingerprint density at radius 2 is 1.79 bits per heavy atom. The normalized spacial score (nSPS) is 13.6. The summed E-state index contributed by atoms with van der Waals surface area (Å²) in [5, 5.41) is 6.14. The van der Waals surface area contributed by atoms with Crippen molar-refractivity contribution in [3.05, 3.63) is 59.8 Å². The maximum absolute atomic E-state index is 12.6. The van der Waals surface area contributed by atoms with Gasteiger partial charge in [-0.3, -0.25) is 4.79 Å². The van der Waals surface area contributed by atoms with Crippen molar-refractivity contribution in [2.45, 2.75) is 6.54 Å². The largest absolute Gasteiger partial charge is 0.353 e. The third kappa shape index (κ3) is 1.41. The molecule has 0 bridgehead atoms. The first kappa shape index (κ1) is 13.2. The first-order valence-electron chi connectivity index (χ1n) is 7.88. The Kier molecular flexibility index (Phi) is 2.41. The smallest absolute Gasteiger partial charge is 0.252 e. The Labute approximate surface area is 137 Å². The highest BCUT2D eigenvalue weighted by Gasteiger charge is 2.29.